The minimum absolute atomic E-state index is 0.0993. The molecule has 0 fully saturated rings. The molecule has 4 rings (SSSR count). The third kappa shape index (κ3) is 4.24. The molecular weight excluding hydrogens is 420 g/mol. The molecule has 0 aliphatic rings. The van der Waals surface area contributed by atoms with E-state index in [2.05, 4.69) is 20.8 Å². The fourth-order valence-corrected chi connectivity index (χ4v) is 3.08. The predicted octanol–water partition coefficient (Wildman–Crippen LogP) is 4.18. The van der Waals surface area contributed by atoms with E-state index in [1.807, 2.05) is 0 Å². The number of hydrogen-bond acceptors (Lipinski definition) is 5. The molecule has 0 aliphatic heterocycles. The lowest BCUT2D eigenvalue weighted by Crippen LogP contribution is -2.18. The van der Waals surface area contributed by atoms with Crippen LogP contribution >= 0.6 is 0 Å². The smallest absolute Gasteiger partial charge is 0.297 e. The molecule has 162 valence electrons. The Morgan fingerprint density at radius 2 is 1.78 bits per heavy atom. The van der Waals surface area contributed by atoms with Gasteiger partial charge in [-0.05, 0) is 36.4 Å². The first-order chi connectivity index (χ1) is 15.5. The van der Waals surface area contributed by atoms with Gasteiger partial charge in [0, 0.05) is 18.0 Å². The highest BCUT2D eigenvalue weighted by Gasteiger charge is 2.18. The van der Waals surface area contributed by atoms with Gasteiger partial charge >= 0.3 is 0 Å². The molecular formula is C22H17F2N5O3. The van der Waals surface area contributed by atoms with Gasteiger partial charge in [-0.25, -0.2) is 8.78 Å². The van der Waals surface area contributed by atoms with Gasteiger partial charge in [0.05, 0.1) is 23.9 Å². The SMILES string of the molecule is COc1cccc(NC(=O)c2ccccc2NC(=O)c2ccc3nnc(C(F)F)n3c2)c1. The number of pyridine rings is 1. The Kier molecular flexibility index (Phi) is 5.75. The van der Waals surface area contributed by atoms with Gasteiger partial charge in [0.2, 0.25) is 5.82 Å². The lowest BCUT2D eigenvalue weighted by atomic mass is 10.1. The summed E-state index contributed by atoms with van der Waals surface area (Å²) >= 11 is 0. The zero-order chi connectivity index (χ0) is 22.7. The summed E-state index contributed by atoms with van der Waals surface area (Å²) < 4.78 is 32.4. The van der Waals surface area contributed by atoms with Gasteiger partial charge in [-0.2, -0.15) is 0 Å². The highest BCUT2D eigenvalue weighted by Crippen LogP contribution is 2.22. The van der Waals surface area contributed by atoms with Crippen LogP contribution in [0.3, 0.4) is 0 Å². The number of carbonyl (C=O) groups is 2. The Morgan fingerprint density at radius 1 is 0.969 bits per heavy atom. The quantitative estimate of drug-likeness (QED) is 0.472. The number of para-hydroxylation sites is 1. The summed E-state index contributed by atoms with van der Waals surface area (Å²) in [7, 11) is 1.52. The Hall–Kier alpha value is -4.34. The van der Waals surface area contributed by atoms with Gasteiger partial charge in [0.15, 0.2) is 5.65 Å². The van der Waals surface area contributed by atoms with Crippen LogP contribution in [-0.2, 0) is 0 Å². The third-order valence-electron chi connectivity index (χ3n) is 4.63. The fourth-order valence-electron chi connectivity index (χ4n) is 3.08. The number of fused-ring (bicyclic) bond motifs is 1. The van der Waals surface area contributed by atoms with E-state index in [1.54, 1.807) is 48.5 Å². The van der Waals surface area contributed by atoms with Crippen molar-refractivity contribution in [3.63, 3.8) is 0 Å². The van der Waals surface area contributed by atoms with Crippen molar-refractivity contribution in [2.75, 3.05) is 17.7 Å². The number of anilines is 2. The van der Waals surface area contributed by atoms with Gasteiger partial charge in [-0.15, -0.1) is 10.2 Å². The van der Waals surface area contributed by atoms with Crippen molar-refractivity contribution in [1.82, 2.24) is 14.6 Å². The van der Waals surface area contributed by atoms with Crippen molar-refractivity contribution in [1.29, 1.82) is 0 Å². The molecule has 0 saturated heterocycles. The highest BCUT2D eigenvalue weighted by molar-refractivity contribution is 6.12. The predicted molar refractivity (Wildman–Crippen MR) is 113 cm³/mol. The van der Waals surface area contributed by atoms with Crippen molar-refractivity contribution in [2.24, 2.45) is 0 Å². The summed E-state index contributed by atoms with van der Waals surface area (Å²) in [6.07, 6.45) is -1.62. The van der Waals surface area contributed by atoms with Crippen LogP contribution in [0.4, 0.5) is 20.2 Å². The molecule has 0 spiro atoms. The van der Waals surface area contributed by atoms with Crippen molar-refractivity contribution in [3.05, 3.63) is 83.8 Å². The number of nitrogens with one attached hydrogen (secondary N) is 2. The van der Waals surface area contributed by atoms with E-state index < -0.39 is 24.1 Å². The van der Waals surface area contributed by atoms with Crippen molar-refractivity contribution in [3.8, 4) is 5.75 Å². The molecule has 0 unspecified atom stereocenters. The molecule has 0 atom stereocenters. The lowest BCUT2D eigenvalue weighted by molar-refractivity contribution is 0.102. The van der Waals surface area contributed by atoms with E-state index >= 15 is 0 Å². The van der Waals surface area contributed by atoms with Crippen LogP contribution in [0.25, 0.3) is 5.65 Å². The third-order valence-corrected chi connectivity index (χ3v) is 4.63. The summed E-state index contributed by atoms with van der Waals surface area (Å²) in [6, 6.07) is 16.1. The molecule has 32 heavy (non-hydrogen) atoms. The molecule has 2 aromatic heterocycles. The summed E-state index contributed by atoms with van der Waals surface area (Å²) in [5.41, 5.74) is 1.29. The molecule has 0 saturated carbocycles. The van der Waals surface area contributed by atoms with Crippen molar-refractivity contribution >= 4 is 28.8 Å². The summed E-state index contributed by atoms with van der Waals surface area (Å²) in [6.45, 7) is 0. The normalized spacial score (nSPS) is 10.9. The summed E-state index contributed by atoms with van der Waals surface area (Å²) in [5, 5.41) is 12.5. The average molecular weight is 437 g/mol. The standard InChI is InChI=1S/C22H17F2N5O3/c1-32-15-6-4-5-14(11-15)25-22(31)16-7-2-3-8-17(16)26-21(30)13-9-10-18-27-28-20(19(23)24)29(18)12-13/h2-12,19H,1H3,(H,25,31)(H,26,30). The fraction of sp³-hybridized carbons (Fsp3) is 0.0909. The van der Waals surface area contributed by atoms with Crippen molar-refractivity contribution in [2.45, 2.75) is 6.43 Å². The number of rotatable bonds is 6. The maximum atomic E-state index is 13.1. The largest absolute Gasteiger partial charge is 0.497 e. The minimum atomic E-state index is -2.84. The zero-order valence-electron chi connectivity index (χ0n) is 16.8. The second-order valence-corrected chi connectivity index (χ2v) is 6.69. The number of benzene rings is 2. The second kappa shape index (κ2) is 8.80. The first-order valence-electron chi connectivity index (χ1n) is 9.45. The second-order valence-electron chi connectivity index (χ2n) is 6.69. The molecule has 2 N–H and O–H groups in total. The minimum Gasteiger partial charge on any atom is -0.497 e. The van der Waals surface area contributed by atoms with E-state index in [0.717, 1.165) is 4.40 Å². The molecule has 2 heterocycles. The number of ether oxygens (including phenoxy) is 1. The molecule has 2 amide bonds. The highest BCUT2D eigenvalue weighted by atomic mass is 19.3. The number of alkyl halides is 2. The number of methoxy groups -OCH3 is 1. The van der Waals surface area contributed by atoms with Crippen molar-refractivity contribution < 1.29 is 23.1 Å². The lowest BCUT2D eigenvalue weighted by Gasteiger charge is -2.12. The molecule has 4 aromatic rings. The molecule has 0 radical (unpaired) electrons. The number of carbonyl (C=O) groups excluding carboxylic acids is 2. The van der Waals surface area contributed by atoms with Crippen LogP contribution in [-0.4, -0.2) is 33.5 Å². The maximum Gasteiger partial charge on any atom is 0.297 e. The average Bonchev–Trinajstić information content (AvgIpc) is 3.23. The van der Waals surface area contributed by atoms with Crippen LogP contribution in [0.2, 0.25) is 0 Å². The van der Waals surface area contributed by atoms with Crippen LogP contribution < -0.4 is 15.4 Å². The van der Waals surface area contributed by atoms with Gasteiger partial charge < -0.3 is 15.4 Å². The van der Waals surface area contributed by atoms with E-state index in [4.69, 9.17) is 4.74 Å². The van der Waals surface area contributed by atoms with E-state index in [1.165, 1.54) is 25.4 Å². The Morgan fingerprint density at radius 3 is 2.56 bits per heavy atom. The molecule has 2 aromatic carbocycles. The van der Waals surface area contributed by atoms with Crippen LogP contribution in [0.5, 0.6) is 5.75 Å². The number of hydrogen-bond donors (Lipinski definition) is 2. The summed E-state index contributed by atoms with van der Waals surface area (Å²) in [5.74, 6) is -1.00. The van der Waals surface area contributed by atoms with Gasteiger partial charge in [0.1, 0.15) is 5.75 Å². The van der Waals surface area contributed by atoms with Crippen LogP contribution in [0, 0.1) is 0 Å². The number of aromatic nitrogens is 3. The Labute approximate surface area is 180 Å². The molecule has 0 aliphatic carbocycles. The van der Waals surface area contributed by atoms with E-state index in [0.29, 0.717) is 11.4 Å². The van der Waals surface area contributed by atoms with Gasteiger partial charge in [-0.1, -0.05) is 18.2 Å². The molecule has 8 nitrogen and oxygen atoms in total. The first-order valence-corrected chi connectivity index (χ1v) is 9.45. The molecule has 0 bridgehead atoms. The number of halogens is 2. The maximum absolute atomic E-state index is 13.1. The topological polar surface area (TPSA) is 97.6 Å². The van der Waals surface area contributed by atoms with Crippen LogP contribution in [0.1, 0.15) is 33.0 Å². The zero-order valence-corrected chi connectivity index (χ0v) is 16.8. The Bertz CT molecular complexity index is 1310. The first kappa shape index (κ1) is 20.9. The van der Waals surface area contributed by atoms with Gasteiger partial charge in [0.25, 0.3) is 18.2 Å². The number of amides is 2. The number of nitrogens with zero attached hydrogens (tertiary/aromatic N) is 3. The Balaban J connectivity index is 1.57. The van der Waals surface area contributed by atoms with Gasteiger partial charge in [-0.3, -0.25) is 14.0 Å². The van der Waals surface area contributed by atoms with Crippen LogP contribution in [0.15, 0.2) is 66.9 Å². The van der Waals surface area contributed by atoms with E-state index in [9.17, 15) is 18.4 Å². The summed E-state index contributed by atoms with van der Waals surface area (Å²) in [4.78, 5) is 25.6. The van der Waals surface area contributed by atoms with E-state index in [-0.39, 0.29) is 22.5 Å². The molecule has 10 heteroatoms. The monoisotopic (exact) mass is 437 g/mol.